The molecule has 1 aliphatic heterocycles. The second kappa shape index (κ2) is 20.9. The highest BCUT2D eigenvalue weighted by Crippen LogP contribution is 1.96. The molecule has 4 heteroatoms. The molecule has 0 aromatic carbocycles. The maximum atomic E-state index is 3.31. The zero-order chi connectivity index (χ0) is 19.5. The van der Waals surface area contributed by atoms with Crippen LogP contribution >= 0.6 is 0 Å². The van der Waals surface area contributed by atoms with E-state index in [0.717, 1.165) is 6.54 Å². The van der Waals surface area contributed by atoms with E-state index in [2.05, 4.69) is 82.9 Å². The fourth-order valence-corrected chi connectivity index (χ4v) is 2.24. The van der Waals surface area contributed by atoms with Crippen LogP contribution in [0.4, 0.5) is 0 Å². The van der Waals surface area contributed by atoms with Crippen molar-refractivity contribution in [2.24, 2.45) is 0 Å². The number of rotatable bonds is 5. The summed E-state index contributed by atoms with van der Waals surface area (Å²) in [4.78, 5) is 4.87. The van der Waals surface area contributed by atoms with Gasteiger partial charge in [-0.25, -0.2) is 0 Å². The number of likely N-dealkylation sites (N-methyl/N-ethyl adjacent to an activating group) is 2. The molecule has 24 heavy (non-hydrogen) atoms. The Morgan fingerprint density at radius 3 is 1.33 bits per heavy atom. The van der Waals surface area contributed by atoms with Gasteiger partial charge in [-0.05, 0) is 20.1 Å². The first-order chi connectivity index (χ1) is 11.2. The minimum Gasteiger partial charge on any atom is -0.315 e. The molecule has 4 nitrogen and oxygen atoms in total. The second-order valence-corrected chi connectivity index (χ2v) is 6.93. The number of nitrogens with zero attached hydrogens (tertiary/aromatic N) is 2. The quantitative estimate of drug-likeness (QED) is 0.795. The summed E-state index contributed by atoms with van der Waals surface area (Å²) in [7, 11) is 2.19. The largest absolute Gasteiger partial charge is 0.315 e. The molecule has 0 saturated carbocycles. The predicted molar refractivity (Wildman–Crippen MR) is 113 cm³/mol. The van der Waals surface area contributed by atoms with Crippen LogP contribution in [0.25, 0.3) is 0 Å². The monoisotopic (exact) mass is 346 g/mol. The van der Waals surface area contributed by atoms with Crippen molar-refractivity contribution in [1.82, 2.24) is 20.4 Å². The molecule has 0 spiro atoms. The van der Waals surface area contributed by atoms with Gasteiger partial charge in [-0.15, -0.1) is 0 Å². The van der Waals surface area contributed by atoms with Gasteiger partial charge in [0, 0.05) is 44.3 Å². The van der Waals surface area contributed by atoms with Gasteiger partial charge in [-0.1, -0.05) is 69.2 Å². The minimum absolute atomic E-state index is 0.625. The van der Waals surface area contributed by atoms with E-state index in [-0.39, 0.29) is 0 Å². The molecule has 150 valence electrons. The van der Waals surface area contributed by atoms with Crippen LogP contribution in [0, 0.1) is 0 Å². The van der Waals surface area contributed by atoms with Crippen LogP contribution in [-0.2, 0) is 0 Å². The van der Waals surface area contributed by atoms with Crippen LogP contribution in [0.15, 0.2) is 0 Å². The lowest BCUT2D eigenvalue weighted by Crippen LogP contribution is -2.44. The SMILES string of the molecule is CC.CC(C)NC(C)C.CCN1CCN(C)CC1.CCNC(C)C. The first kappa shape index (κ1) is 28.6. The molecule has 2 N–H and O–H groups in total. The van der Waals surface area contributed by atoms with Crippen molar-refractivity contribution in [2.75, 3.05) is 46.3 Å². The maximum Gasteiger partial charge on any atom is 0.0110 e. The van der Waals surface area contributed by atoms with E-state index in [1.165, 1.54) is 32.7 Å². The van der Waals surface area contributed by atoms with Crippen LogP contribution in [0.1, 0.15) is 69.2 Å². The summed E-state index contributed by atoms with van der Waals surface area (Å²) in [5.41, 5.74) is 0. The molecule has 0 atom stereocenters. The molecule has 1 fully saturated rings. The summed E-state index contributed by atoms with van der Waals surface area (Å²) in [5.74, 6) is 0. The Hall–Kier alpha value is -0.160. The molecule has 1 rings (SSSR count). The molecule has 0 radical (unpaired) electrons. The third kappa shape index (κ3) is 26.7. The van der Waals surface area contributed by atoms with E-state index in [9.17, 15) is 0 Å². The lowest BCUT2D eigenvalue weighted by atomic mass is 10.3. The highest BCUT2D eigenvalue weighted by molar-refractivity contribution is 4.67. The summed E-state index contributed by atoms with van der Waals surface area (Å²) < 4.78 is 0. The van der Waals surface area contributed by atoms with Crippen LogP contribution in [0.5, 0.6) is 0 Å². The standard InChI is InChI=1S/C7H16N2.C6H15N.C5H13N.C2H6/c1-3-9-6-4-8(2)5-7-9;1-5(2)7-6(3)4;1-4-6-5(2)3;1-2/h3-7H2,1-2H3;5-7H,1-4H3;5-6H,4H2,1-3H3;1-2H3. The van der Waals surface area contributed by atoms with Crippen molar-refractivity contribution < 1.29 is 0 Å². The number of nitrogens with one attached hydrogen (secondary N) is 2. The smallest absolute Gasteiger partial charge is 0.0110 e. The first-order valence-corrected chi connectivity index (χ1v) is 10.1. The third-order valence-electron chi connectivity index (χ3n) is 3.32. The Morgan fingerprint density at radius 2 is 1.17 bits per heavy atom. The van der Waals surface area contributed by atoms with Gasteiger partial charge >= 0.3 is 0 Å². The normalized spacial score (nSPS) is 15.2. The Balaban J connectivity index is -0.000000268. The molecule has 1 heterocycles. The van der Waals surface area contributed by atoms with Crippen LogP contribution < -0.4 is 10.6 Å². The van der Waals surface area contributed by atoms with Crippen molar-refractivity contribution in [2.45, 2.75) is 87.4 Å². The molecule has 0 unspecified atom stereocenters. The summed E-state index contributed by atoms with van der Waals surface area (Å²) in [6.45, 7) is 28.5. The lowest BCUT2D eigenvalue weighted by Gasteiger charge is -2.31. The van der Waals surface area contributed by atoms with Gasteiger partial charge in [0.2, 0.25) is 0 Å². The van der Waals surface area contributed by atoms with Gasteiger partial charge in [0.05, 0.1) is 0 Å². The average molecular weight is 347 g/mol. The molecule has 0 aromatic rings. The van der Waals surface area contributed by atoms with E-state index in [1.807, 2.05) is 13.8 Å². The fraction of sp³-hybridized carbons (Fsp3) is 1.00. The van der Waals surface area contributed by atoms with Crippen molar-refractivity contribution >= 4 is 0 Å². The Bertz CT molecular complexity index is 204. The molecule has 1 saturated heterocycles. The zero-order valence-electron chi connectivity index (χ0n) is 18.9. The van der Waals surface area contributed by atoms with Crippen molar-refractivity contribution in [3.8, 4) is 0 Å². The van der Waals surface area contributed by atoms with Crippen molar-refractivity contribution in [3.63, 3.8) is 0 Å². The van der Waals surface area contributed by atoms with E-state index in [4.69, 9.17) is 0 Å². The molecule has 0 amide bonds. The lowest BCUT2D eigenvalue weighted by molar-refractivity contribution is 0.160. The van der Waals surface area contributed by atoms with E-state index in [0.29, 0.717) is 18.1 Å². The zero-order valence-corrected chi connectivity index (χ0v) is 18.9. The van der Waals surface area contributed by atoms with Crippen molar-refractivity contribution in [1.29, 1.82) is 0 Å². The van der Waals surface area contributed by atoms with Gasteiger partial charge in [0.25, 0.3) is 0 Å². The van der Waals surface area contributed by atoms with E-state index < -0.39 is 0 Å². The topological polar surface area (TPSA) is 30.5 Å². The molecular weight excluding hydrogens is 296 g/mol. The Morgan fingerprint density at radius 1 is 0.750 bits per heavy atom. The number of piperazine rings is 1. The first-order valence-electron chi connectivity index (χ1n) is 10.1. The number of hydrogen-bond acceptors (Lipinski definition) is 4. The third-order valence-corrected chi connectivity index (χ3v) is 3.32. The van der Waals surface area contributed by atoms with Crippen LogP contribution in [0.2, 0.25) is 0 Å². The second-order valence-electron chi connectivity index (χ2n) is 6.93. The Kier molecular flexibility index (Phi) is 24.9. The maximum absolute atomic E-state index is 3.31. The molecule has 0 aromatic heterocycles. The molecule has 1 aliphatic rings. The summed E-state index contributed by atoms with van der Waals surface area (Å²) >= 11 is 0. The van der Waals surface area contributed by atoms with E-state index >= 15 is 0 Å². The molecular formula is C20H50N4. The summed E-state index contributed by atoms with van der Waals surface area (Å²) in [6.07, 6.45) is 0. The van der Waals surface area contributed by atoms with Gasteiger partial charge < -0.3 is 20.4 Å². The Labute approximate surface area is 154 Å². The van der Waals surface area contributed by atoms with Crippen LogP contribution in [0.3, 0.4) is 0 Å². The molecule has 0 aliphatic carbocycles. The summed E-state index contributed by atoms with van der Waals surface area (Å²) in [5, 5.41) is 6.51. The van der Waals surface area contributed by atoms with Crippen molar-refractivity contribution in [3.05, 3.63) is 0 Å². The summed E-state index contributed by atoms with van der Waals surface area (Å²) in [6, 6.07) is 1.90. The molecule has 0 bridgehead atoms. The van der Waals surface area contributed by atoms with Gasteiger partial charge in [0.1, 0.15) is 0 Å². The average Bonchev–Trinajstić information content (AvgIpc) is 2.50. The van der Waals surface area contributed by atoms with Gasteiger partial charge in [-0.2, -0.15) is 0 Å². The minimum atomic E-state index is 0.625. The van der Waals surface area contributed by atoms with Crippen LogP contribution in [-0.4, -0.2) is 74.2 Å². The highest BCUT2D eigenvalue weighted by atomic mass is 15.2. The highest BCUT2D eigenvalue weighted by Gasteiger charge is 2.10. The number of hydrogen-bond donors (Lipinski definition) is 2. The fourth-order valence-electron chi connectivity index (χ4n) is 2.24. The predicted octanol–water partition coefficient (Wildman–Crippen LogP) is 3.68. The van der Waals surface area contributed by atoms with Gasteiger partial charge in [0.15, 0.2) is 0 Å². The van der Waals surface area contributed by atoms with Gasteiger partial charge in [-0.3, -0.25) is 0 Å². The van der Waals surface area contributed by atoms with E-state index in [1.54, 1.807) is 0 Å².